The van der Waals surface area contributed by atoms with Crippen molar-refractivity contribution in [3.05, 3.63) is 23.8 Å². The monoisotopic (exact) mass is 208 g/mol. The van der Waals surface area contributed by atoms with Crippen molar-refractivity contribution >= 4 is 0 Å². The number of rotatable bonds is 9. The molecule has 0 aromatic rings. The Morgan fingerprint density at radius 3 is 2.13 bits per heavy atom. The molecule has 0 spiro atoms. The van der Waals surface area contributed by atoms with Gasteiger partial charge in [-0.1, -0.05) is 43.6 Å². The van der Waals surface area contributed by atoms with Gasteiger partial charge < -0.3 is 0 Å². The molecule has 0 N–H and O–H groups in total. The Hall–Kier alpha value is -0.520. The number of unbranched alkanes of at least 4 members (excludes halogenated alkanes) is 4. The summed E-state index contributed by atoms with van der Waals surface area (Å²) in [6, 6.07) is 0. The Kier molecular flexibility index (Phi) is 11.2. The molecule has 0 atom stereocenters. The van der Waals surface area contributed by atoms with Crippen LogP contribution in [0.2, 0.25) is 0 Å². The molecule has 0 unspecified atom stereocenters. The fourth-order valence-corrected chi connectivity index (χ4v) is 1.80. The van der Waals surface area contributed by atoms with Crippen molar-refractivity contribution in [2.45, 2.75) is 72.1 Å². The zero-order chi connectivity index (χ0) is 11.4. The number of hydrogen-bond donors (Lipinski definition) is 0. The van der Waals surface area contributed by atoms with Crippen LogP contribution in [-0.2, 0) is 0 Å². The van der Waals surface area contributed by atoms with E-state index in [1.807, 2.05) is 0 Å². The van der Waals surface area contributed by atoms with E-state index < -0.39 is 0 Å². The second-order valence-electron chi connectivity index (χ2n) is 4.22. The van der Waals surface area contributed by atoms with Gasteiger partial charge in [-0.05, 0) is 52.4 Å². The van der Waals surface area contributed by atoms with Crippen LogP contribution in [0.25, 0.3) is 0 Å². The van der Waals surface area contributed by atoms with Gasteiger partial charge in [0, 0.05) is 0 Å². The van der Waals surface area contributed by atoms with Crippen molar-refractivity contribution < 1.29 is 0 Å². The molecule has 0 aromatic carbocycles. The van der Waals surface area contributed by atoms with Crippen molar-refractivity contribution in [2.24, 2.45) is 0 Å². The molecule has 0 heteroatoms. The standard InChI is InChI=1S/C15H28/c1-4-7-9-10-12-14-15(6-3)13-11-8-5-2/h4,6-7H,5,8-14H2,1-3H3. The van der Waals surface area contributed by atoms with E-state index in [1.165, 1.54) is 51.4 Å². The Morgan fingerprint density at radius 2 is 1.60 bits per heavy atom. The second-order valence-corrected chi connectivity index (χ2v) is 4.22. The van der Waals surface area contributed by atoms with Crippen LogP contribution in [-0.4, -0.2) is 0 Å². The first-order chi connectivity index (χ1) is 7.35. The van der Waals surface area contributed by atoms with Gasteiger partial charge in [0.25, 0.3) is 0 Å². The molecule has 0 aliphatic carbocycles. The Bertz CT molecular complexity index is 174. The van der Waals surface area contributed by atoms with Crippen LogP contribution in [0.5, 0.6) is 0 Å². The molecule has 15 heavy (non-hydrogen) atoms. The average molecular weight is 208 g/mol. The zero-order valence-corrected chi connectivity index (χ0v) is 10.9. The first-order valence-corrected chi connectivity index (χ1v) is 6.60. The minimum atomic E-state index is 1.25. The lowest BCUT2D eigenvalue weighted by Crippen LogP contribution is -1.85. The maximum Gasteiger partial charge on any atom is -0.0320 e. The summed E-state index contributed by atoms with van der Waals surface area (Å²) in [7, 11) is 0. The van der Waals surface area contributed by atoms with Gasteiger partial charge in [-0.3, -0.25) is 0 Å². The number of allylic oxidation sites excluding steroid dienone is 4. The van der Waals surface area contributed by atoms with Gasteiger partial charge in [-0.15, -0.1) is 0 Å². The van der Waals surface area contributed by atoms with Crippen molar-refractivity contribution in [1.82, 2.24) is 0 Å². The topological polar surface area (TPSA) is 0 Å². The molecule has 0 saturated carbocycles. The van der Waals surface area contributed by atoms with Gasteiger partial charge in [0.05, 0.1) is 0 Å². The quantitative estimate of drug-likeness (QED) is 0.339. The molecule has 0 aliphatic heterocycles. The van der Waals surface area contributed by atoms with Crippen LogP contribution >= 0.6 is 0 Å². The van der Waals surface area contributed by atoms with E-state index in [0.29, 0.717) is 0 Å². The molecule has 0 radical (unpaired) electrons. The predicted molar refractivity (Wildman–Crippen MR) is 71.2 cm³/mol. The summed E-state index contributed by atoms with van der Waals surface area (Å²) >= 11 is 0. The third-order valence-corrected chi connectivity index (χ3v) is 2.86. The van der Waals surface area contributed by atoms with Crippen LogP contribution < -0.4 is 0 Å². The highest BCUT2D eigenvalue weighted by Crippen LogP contribution is 2.16. The second kappa shape index (κ2) is 11.6. The van der Waals surface area contributed by atoms with Gasteiger partial charge in [-0.25, -0.2) is 0 Å². The number of hydrogen-bond acceptors (Lipinski definition) is 0. The van der Waals surface area contributed by atoms with E-state index in [4.69, 9.17) is 0 Å². The molecule has 0 nitrogen and oxygen atoms in total. The fourth-order valence-electron chi connectivity index (χ4n) is 1.80. The van der Waals surface area contributed by atoms with Gasteiger partial charge >= 0.3 is 0 Å². The van der Waals surface area contributed by atoms with E-state index in [1.54, 1.807) is 5.57 Å². The van der Waals surface area contributed by atoms with Crippen LogP contribution in [0.1, 0.15) is 72.1 Å². The van der Waals surface area contributed by atoms with Crippen LogP contribution in [0, 0.1) is 0 Å². The van der Waals surface area contributed by atoms with E-state index >= 15 is 0 Å². The molecule has 0 aromatic heterocycles. The van der Waals surface area contributed by atoms with Crippen molar-refractivity contribution in [1.29, 1.82) is 0 Å². The lowest BCUT2D eigenvalue weighted by molar-refractivity contribution is 0.667. The predicted octanol–water partition coefficient (Wildman–Crippen LogP) is 5.65. The first-order valence-electron chi connectivity index (χ1n) is 6.60. The van der Waals surface area contributed by atoms with Crippen LogP contribution in [0.4, 0.5) is 0 Å². The summed E-state index contributed by atoms with van der Waals surface area (Å²) in [6.07, 6.45) is 17.4. The average Bonchev–Trinajstić information content (AvgIpc) is 2.26. The largest absolute Gasteiger partial charge is 0.0917 e. The molecule has 0 heterocycles. The Labute approximate surface area is 96.5 Å². The van der Waals surface area contributed by atoms with E-state index in [0.717, 1.165) is 0 Å². The normalized spacial score (nSPS) is 12.6. The lowest BCUT2D eigenvalue weighted by Gasteiger charge is -2.05. The van der Waals surface area contributed by atoms with Gasteiger partial charge in [-0.2, -0.15) is 0 Å². The fraction of sp³-hybridized carbons (Fsp3) is 0.733. The maximum absolute atomic E-state index is 2.32. The Morgan fingerprint density at radius 1 is 0.933 bits per heavy atom. The van der Waals surface area contributed by atoms with E-state index in [2.05, 4.69) is 39.0 Å². The zero-order valence-electron chi connectivity index (χ0n) is 10.9. The molecular weight excluding hydrogens is 180 g/mol. The summed E-state index contributed by atoms with van der Waals surface area (Å²) in [6.45, 7) is 6.56. The third kappa shape index (κ3) is 9.78. The highest BCUT2D eigenvalue weighted by molar-refractivity contribution is 4.99. The molecule has 0 fully saturated rings. The molecular formula is C15H28. The van der Waals surface area contributed by atoms with Gasteiger partial charge in [0.1, 0.15) is 0 Å². The summed E-state index contributed by atoms with van der Waals surface area (Å²) in [5, 5.41) is 0. The molecule has 0 amide bonds. The summed E-state index contributed by atoms with van der Waals surface area (Å²) < 4.78 is 0. The highest BCUT2D eigenvalue weighted by Gasteiger charge is 1.96. The molecule has 0 aliphatic rings. The first kappa shape index (κ1) is 14.5. The third-order valence-electron chi connectivity index (χ3n) is 2.86. The van der Waals surface area contributed by atoms with Crippen LogP contribution in [0.3, 0.4) is 0 Å². The summed E-state index contributed by atoms with van der Waals surface area (Å²) in [5.41, 5.74) is 1.67. The van der Waals surface area contributed by atoms with E-state index in [-0.39, 0.29) is 0 Å². The Balaban J connectivity index is 3.45. The minimum absolute atomic E-state index is 1.25. The molecule has 0 rings (SSSR count). The van der Waals surface area contributed by atoms with Crippen molar-refractivity contribution in [2.75, 3.05) is 0 Å². The molecule has 0 bridgehead atoms. The SMILES string of the molecule is CC=CCCCCC(=CC)CCCCC. The minimum Gasteiger partial charge on any atom is -0.0917 e. The maximum atomic E-state index is 2.32. The lowest BCUT2D eigenvalue weighted by atomic mass is 10.0. The highest BCUT2D eigenvalue weighted by atomic mass is 14.0. The van der Waals surface area contributed by atoms with Crippen molar-refractivity contribution in [3.8, 4) is 0 Å². The molecule has 88 valence electrons. The smallest absolute Gasteiger partial charge is 0.0320 e. The summed E-state index contributed by atoms with van der Waals surface area (Å²) in [5.74, 6) is 0. The van der Waals surface area contributed by atoms with Gasteiger partial charge in [0.15, 0.2) is 0 Å². The van der Waals surface area contributed by atoms with Gasteiger partial charge in [0.2, 0.25) is 0 Å². The van der Waals surface area contributed by atoms with E-state index in [9.17, 15) is 0 Å². The molecule has 0 saturated heterocycles. The van der Waals surface area contributed by atoms with Crippen LogP contribution in [0.15, 0.2) is 23.8 Å². The van der Waals surface area contributed by atoms with Crippen molar-refractivity contribution in [3.63, 3.8) is 0 Å². The summed E-state index contributed by atoms with van der Waals surface area (Å²) in [4.78, 5) is 0.